The van der Waals surface area contributed by atoms with Crippen molar-refractivity contribution in [3.8, 4) is 17.0 Å². The van der Waals surface area contributed by atoms with Gasteiger partial charge in [0.1, 0.15) is 17.7 Å². The van der Waals surface area contributed by atoms with Crippen molar-refractivity contribution in [1.29, 1.82) is 0 Å². The van der Waals surface area contributed by atoms with Gasteiger partial charge in [0.15, 0.2) is 0 Å². The summed E-state index contributed by atoms with van der Waals surface area (Å²) in [6.07, 6.45) is 2.37. The molecule has 2 aromatic heterocycles. The van der Waals surface area contributed by atoms with Crippen LogP contribution in [0, 0.1) is 12.8 Å². The van der Waals surface area contributed by atoms with Gasteiger partial charge in [0.05, 0.1) is 30.5 Å². The molecule has 2 aliphatic rings. The summed E-state index contributed by atoms with van der Waals surface area (Å²) in [4.78, 5) is 20.7. The van der Waals surface area contributed by atoms with Crippen molar-refractivity contribution in [2.75, 3.05) is 18.5 Å². The van der Waals surface area contributed by atoms with Crippen LogP contribution in [0.4, 0.5) is 5.82 Å². The summed E-state index contributed by atoms with van der Waals surface area (Å²) in [6.45, 7) is 3.88. The molecule has 5 rings (SSSR count). The van der Waals surface area contributed by atoms with Crippen molar-refractivity contribution in [2.45, 2.75) is 31.9 Å². The van der Waals surface area contributed by atoms with Crippen LogP contribution in [0.3, 0.4) is 0 Å². The Balaban J connectivity index is 0.00000162. The first-order chi connectivity index (χ1) is 15.6. The van der Waals surface area contributed by atoms with Crippen LogP contribution in [0.25, 0.3) is 11.3 Å². The molecule has 1 aromatic carbocycles. The van der Waals surface area contributed by atoms with Crippen LogP contribution in [0.1, 0.15) is 29.2 Å². The Bertz CT molecular complexity index is 1140. The van der Waals surface area contributed by atoms with Gasteiger partial charge in [0, 0.05) is 24.2 Å². The molecule has 3 heterocycles. The first-order valence-corrected chi connectivity index (χ1v) is 10.8. The molecule has 3 aromatic rings. The maximum absolute atomic E-state index is 11.4. The highest BCUT2D eigenvalue weighted by atomic mass is 32.1. The Kier molecular flexibility index (Phi) is 8.46. The summed E-state index contributed by atoms with van der Waals surface area (Å²) in [5.41, 5.74) is 4.77. The Hall–Kier alpha value is -2.75. The van der Waals surface area contributed by atoms with E-state index in [1.54, 1.807) is 6.20 Å². The van der Waals surface area contributed by atoms with Gasteiger partial charge in [0.25, 0.3) is 0 Å². The average Bonchev–Trinajstić information content (AvgIpc) is 3.57. The van der Waals surface area contributed by atoms with Crippen molar-refractivity contribution in [3.05, 3.63) is 71.5 Å². The van der Waals surface area contributed by atoms with E-state index in [-0.39, 0.29) is 39.0 Å². The smallest absolute Gasteiger partial charge is 0.307 e. The average molecular weight is 500 g/mol. The van der Waals surface area contributed by atoms with Gasteiger partial charge in [-0.05, 0) is 43.2 Å². The predicted octanol–water partition coefficient (Wildman–Crippen LogP) is 4.26. The van der Waals surface area contributed by atoms with Gasteiger partial charge in [-0.2, -0.15) is 27.0 Å². The zero-order valence-corrected chi connectivity index (χ0v) is 20.8. The number of carbonyl (C=O) groups is 1. The zero-order valence-electron chi connectivity index (χ0n) is 18.8. The molecule has 0 radical (unpaired) electrons. The van der Waals surface area contributed by atoms with E-state index in [1.165, 1.54) is 11.1 Å². The Morgan fingerprint density at radius 3 is 2.62 bits per heavy atom. The number of hydrogen-bond donors (Lipinski definition) is 2. The number of aliphatic carboxylic acids is 1. The summed E-state index contributed by atoms with van der Waals surface area (Å²) in [7, 11) is 0. The number of benzene rings is 1. The lowest BCUT2D eigenvalue weighted by atomic mass is 10.1. The van der Waals surface area contributed by atoms with E-state index in [2.05, 4.69) is 35.4 Å². The minimum atomic E-state index is -0.786. The number of ether oxygens (including phenoxy) is 2. The third-order valence-corrected chi connectivity index (χ3v) is 5.86. The number of hydrogen-bond acceptors (Lipinski definition) is 6. The topological polar surface area (TPSA) is 93.6 Å². The molecule has 2 N–H and O–H groups in total. The molecule has 180 valence electrons. The molecular weight excluding hydrogens is 470 g/mol. The van der Waals surface area contributed by atoms with E-state index in [0.717, 1.165) is 17.1 Å². The minimum Gasteiger partial charge on any atom is -0.484 e. The predicted molar refractivity (Wildman–Crippen MR) is 140 cm³/mol. The third-order valence-electron chi connectivity index (χ3n) is 5.86. The van der Waals surface area contributed by atoms with Gasteiger partial charge in [-0.15, -0.1) is 0 Å². The number of carboxylic acid groups (broad SMARTS) is 1. The molecule has 0 bridgehead atoms. The number of nitrogens with zero attached hydrogens (tertiary/aromatic N) is 2. The molecule has 0 amide bonds. The first kappa shape index (κ1) is 25.9. The van der Waals surface area contributed by atoms with Crippen LogP contribution < -0.4 is 10.1 Å². The number of rotatable bonds is 8. The van der Waals surface area contributed by atoms with Gasteiger partial charge in [0.2, 0.25) is 0 Å². The molecule has 9 heteroatoms. The van der Waals surface area contributed by atoms with Gasteiger partial charge in [-0.25, -0.2) is 9.97 Å². The van der Waals surface area contributed by atoms with E-state index in [4.69, 9.17) is 14.5 Å². The van der Waals surface area contributed by atoms with Crippen LogP contribution in [-0.4, -0.2) is 40.4 Å². The van der Waals surface area contributed by atoms with Crippen molar-refractivity contribution >= 4 is 38.8 Å². The Morgan fingerprint density at radius 2 is 2.00 bits per heavy atom. The van der Waals surface area contributed by atoms with Gasteiger partial charge in [-0.3, -0.25) is 4.79 Å². The Labute approximate surface area is 212 Å². The number of anilines is 1. The molecule has 1 aliphatic heterocycles. The van der Waals surface area contributed by atoms with E-state index in [1.807, 2.05) is 30.3 Å². The van der Waals surface area contributed by atoms with Crippen LogP contribution in [0.2, 0.25) is 0 Å². The number of nitrogens with one attached hydrogen (secondary N) is 1. The van der Waals surface area contributed by atoms with Crippen LogP contribution in [-0.2, 0) is 16.1 Å². The largest absolute Gasteiger partial charge is 0.484 e. The van der Waals surface area contributed by atoms with E-state index < -0.39 is 11.9 Å². The zero-order chi connectivity index (χ0) is 22.1. The first-order valence-electron chi connectivity index (χ1n) is 10.8. The van der Waals surface area contributed by atoms with Gasteiger partial charge in [-0.1, -0.05) is 29.8 Å². The highest BCUT2D eigenvalue weighted by Gasteiger charge is 2.47. The van der Waals surface area contributed by atoms with Crippen molar-refractivity contribution in [3.63, 3.8) is 0 Å². The molecule has 0 unspecified atom stereocenters. The van der Waals surface area contributed by atoms with Crippen molar-refractivity contribution in [2.24, 2.45) is 5.92 Å². The van der Waals surface area contributed by atoms with Gasteiger partial charge < -0.3 is 19.9 Å². The lowest BCUT2D eigenvalue weighted by molar-refractivity contribution is -0.138. The highest BCUT2D eigenvalue weighted by molar-refractivity contribution is 7.59. The SMILES string of the molecule is Cc1cccc(CNc2ccc(-c3ccc(OC4COC4)c([C@H]4C[C@@H]4C(=O)O)n3)cn2)c1.S.S. The second kappa shape index (κ2) is 11.1. The third kappa shape index (κ3) is 5.84. The number of aryl methyl sites for hydroxylation is 1. The molecule has 34 heavy (non-hydrogen) atoms. The summed E-state index contributed by atoms with van der Waals surface area (Å²) in [5, 5.41) is 12.7. The molecular formula is C25H29N3O4S2. The molecule has 1 saturated carbocycles. The van der Waals surface area contributed by atoms with Crippen LogP contribution in [0.15, 0.2) is 54.7 Å². The molecule has 2 atom stereocenters. The van der Waals surface area contributed by atoms with E-state index in [9.17, 15) is 9.90 Å². The second-order valence-corrected chi connectivity index (χ2v) is 8.42. The Morgan fingerprint density at radius 1 is 1.18 bits per heavy atom. The summed E-state index contributed by atoms with van der Waals surface area (Å²) in [5.74, 6) is 0.135. The van der Waals surface area contributed by atoms with Crippen molar-refractivity contribution in [1.82, 2.24) is 9.97 Å². The quantitative estimate of drug-likeness (QED) is 0.478. The van der Waals surface area contributed by atoms with Crippen LogP contribution >= 0.6 is 27.0 Å². The summed E-state index contributed by atoms with van der Waals surface area (Å²) >= 11 is 0. The lowest BCUT2D eigenvalue weighted by Crippen LogP contribution is -2.38. The maximum Gasteiger partial charge on any atom is 0.307 e. The second-order valence-electron chi connectivity index (χ2n) is 8.42. The van der Waals surface area contributed by atoms with E-state index >= 15 is 0 Å². The molecule has 2 fully saturated rings. The number of pyridine rings is 2. The normalized spacial score (nSPS) is 18.6. The standard InChI is InChI=1S/C25H25N3O4.2H2S/c1-15-3-2-4-16(9-15)11-26-23-8-5-17(12-27-23)21-6-7-22(32-18-13-31-14-18)24(28-21)19-10-20(19)25(29)30;;/h2-9,12,18-20H,10-11,13-14H2,1H3,(H,26,27)(H,29,30);2*1H2/t19-,20-;;/m0../s1. The molecule has 1 saturated heterocycles. The number of aromatic nitrogens is 2. The molecule has 7 nitrogen and oxygen atoms in total. The minimum absolute atomic E-state index is 0. The van der Waals surface area contributed by atoms with Crippen molar-refractivity contribution < 1.29 is 19.4 Å². The maximum atomic E-state index is 11.4. The summed E-state index contributed by atoms with van der Waals surface area (Å²) in [6, 6.07) is 16.0. The lowest BCUT2D eigenvalue weighted by Gasteiger charge is -2.27. The summed E-state index contributed by atoms with van der Waals surface area (Å²) < 4.78 is 11.2. The van der Waals surface area contributed by atoms with E-state index in [0.29, 0.717) is 37.6 Å². The highest BCUT2D eigenvalue weighted by Crippen LogP contribution is 2.50. The number of carboxylic acids is 1. The fourth-order valence-electron chi connectivity index (χ4n) is 3.88. The van der Waals surface area contributed by atoms with Gasteiger partial charge >= 0.3 is 5.97 Å². The fourth-order valence-corrected chi connectivity index (χ4v) is 3.88. The molecule has 0 spiro atoms. The fraction of sp³-hybridized carbons (Fsp3) is 0.320. The molecule has 1 aliphatic carbocycles. The van der Waals surface area contributed by atoms with Crippen LogP contribution in [0.5, 0.6) is 5.75 Å². The monoisotopic (exact) mass is 499 g/mol.